The minimum atomic E-state index is -3.29. The Kier molecular flexibility index (Phi) is 10.7. The maximum atomic E-state index is 12.5. The molecule has 0 aromatic heterocycles. The lowest BCUT2D eigenvalue weighted by Crippen LogP contribution is -2.54. The van der Waals surface area contributed by atoms with Crippen LogP contribution in [0, 0.1) is 0 Å². The highest BCUT2D eigenvalue weighted by atomic mass is 127. The summed E-state index contributed by atoms with van der Waals surface area (Å²) >= 11 is 0. The van der Waals surface area contributed by atoms with Gasteiger partial charge in [-0.2, -0.15) is 4.31 Å². The van der Waals surface area contributed by atoms with Gasteiger partial charge in [-0.05, 0) is 31.5 Å². The van der Waals surface area contributed by atoms with E-state index in [0.717, 1.165) is 19.0 Å². The van der Waals surface area contributed by atoms with E-state index >= 15 is 0 Å². The summed E-state index contributed by atoms with van der Waals surface area (Å²) in [7, 11) is -1.53. The molecule has 1 N–H and O–H groups in total. The third-order valence-corrected chi connectivity index (χ3v) is 7.31. The highest BCUT2D eigenvalue weighted by Gasteiger charge is 2.28. The van der Waals surface area contributed by atoms with Gasteiger partial charge in [-0.25, -0.2) is 8.42 Å². The summed E-state index contributed by atoms with van der Waals surface area (Å²) in [5, 5.41) is 3.43. The van der Waals surface area contributed by atoms with Gasteiger partial charge < -0.3 is 19.9 Å². The number of nitrogens with zero attached hydrogens (tertiary/aromatic N) is 4. The van der Waals surface area contributed by atoms with Crippen LogP contribution in [-0.2, 0) is 21.3 Å². The van der Waals surface area contributed by atoms with Crippen molar-refractivity contribution in [1.29, 1.82) is 0 Å². The van der Waals surface area contributed by atoms with Gasteiger partial charge in [0.2, 0.25) is 10.0 Å². The number of ether oxygens (including phenoxy) is 1. The van der Waals surface area contributed by atoms with Crippen LogP contribution in [0.4, 0.5) is 5.69 Å². The average molecular weight is 578 g/mol. The molecule has 32 heavy (non-hydrogen) atoms. The van der Waals surface area contributed by atoms with Crippen molar-refractivity contribution < 1.29 is 13.2 Å². The fourth-order valence-corrected chi connectivity index (χ4v) is 5.05. The number of sulfonamides is 1. The standard InChI is InChI=1S/C22H35N5O3S.HI/c1-19(2)30-15-16-31(28,29)27-13-11-26(12-14-27)22(23-3)24-18-20-7-6-8-21(17-20)25-9-4-5-10-25;/h4-8,17,19H,9-16,18H2,1-3H3,(H,23,24);1H. The Morgan fingerprint density at radius 3 is 2.47 bits per heavy atom. The van der Waals surface area contributed by atoms with E-state index in [4.69, 9.17) is 4.74 Å². The molecule has 0 aliphatic carbocycles. The largest absolute Gasteiger partial charge is 0.378 e. The number of aliphatic imine (C=N–C) groups is 1. The second kappa shape index (κ2) is 12.8. The van der Waals surface area contributed by atoms with Crippen LogP contribution in [0.5, 0.6) is 0 Å². The van der Waals surface area contributed by atoms with E-state index in [1.807, 2.05) is 13.8 Å². The third kappa shape index (κ3) is 7.60. The predicted molar refractivity (Wildman–Crippen MR) is 141 cm³/mol. The molecule has 1 aromatic rings. The Morgan fingerprint density at radius 2 is 1.84 bits per heavy atom. The maximum Gasteiger partial charge on any atom is 0.216 e. The van der Waals surface area contributed by atoms with Gasteiger partial charge in [0.25, 0.3) is 0 Å². The zero-order valence-corrected chi connectivity index (χ0v) is 22.4. The number of nitrogens with one attached hydrogen (secondary N) is 1. The molecule has 0 amide bonds. The zero-order chi connectivity index (χ0) is 22.3. The molecule has 0 saturated carbocycles. The summed E-state index contributed by atoms with van der Waals surface area (Å²) in [5.41, 5.74) is 2.41. The Balaban J connectivity index is 0.00000363. The van der Waals surface area contributed by atoms with Crippen LogP contribution in [0.1, 0.15) is 19.4 Å². The smallest absolute Gasteiger partial charge is 0.216 e. The lowest BCUT2D eigenvalue weighted by Gasteiger charge is -2.35. The summed E-state index contributed by atoms with van der Waals surface area (Å²) in [6.07, 6.45) is 4.41. The molecule has 0 radical (unpaired) electrons. The van der Waals surface area contributed by atoms with Crippen molar-refractivity contribution in [2.75, 3.05) is 63.6 Å². The van der Waals surface area contributed by atoms with E-state index in [0.29, 0.717) is 32.7 Å². The lowest BCUT2D eigenvalue weighted by molar-refractivity contribution is 0.0904. The molecule has 1 fully saturated rings. The average Bonchev–Trinajstić information content (AvgIpc) is 3.29. The molecule has 180 valence electrons. The van der Waals surface area contributed by atoms with Crippen LogP contribution >= 0.6 is 24.0 Å². The molecular formula is C22H36IN5O3S. The van der Waals surface area contributed by atoms with Gasteiger partial charge in [0, 0.05) is 58.5 Å². The highest BCUT2D eigenvalue weighted by molar-refractivity contribution is 14.0. The van der Waals surface area contributed by atoms with E-state index in [1.165, 1.54) is 11.3 Å². The van der Waals surface area contributed by atoms with Crippen LogP contribution in [0.15, 0.2) is 41.4 Å². The molecule has 2 heterocycles. The Bertz CT molecular complexity index is 875. The number of piperazine rings is 1. The summed E-state index contributed by atoms with van der Waals surface area (Å²) < 4.78 is 32.0. The predicted octanol–water partition coefficient (Wildman–Crippen LogP) is 2.13. The van der Waals surface area contributed by atoms with Crippen LogP contribution in [0.3, 0.4) is 0 Å². The molecule has 1 saturated heterocycles. The molecule has 8 nitrogen and oxygen atoms in total. The minimum absolute atomic E-state index is 0. The number of benzene rings is 1. The number of guanidine groups is 1. The molecule has 0 spiro atoms. The molecule has 1 aromatic carbocycles. The first-order valence-corrected chi connectivity index (χ1v) is 12.5. The van der Waals surface area contributed by atoms with E-state index in [9.17, 15) is 8.42 Å². The third-order valence-electron chi connectivity index (χ3n) is 5.48. The molecular weight excluding hydrogens is 541 g/mol. The molecule has 2 aliphatic heterocycles. The highest BCUT2D eigenvalue weighted by Crippen LogP contribution is 2.18. The minimum Gasteiger partial charge on any atom is -0.378 e. The monoisotopic (exact) mass is 577 g/mol. The maximum absolute atomic E-state index is 12.5. The summed E-state index contributed by atoms with van der Waals surface area (Å²) in [6, 6.07) is 8.53. The van der Waals surface area contributed by atoms with Crippen molar-refractivity contribution in [3.8, 4) is 0 Å². The van der Waals surface area contributed by atoms with Crippen LogP contribution in [0.25, 0.3) is 0 Å². The Labute approximate surface area is 209 Å². The fraction of sp³-hybridized carbons (Fsp3) is 0.591. The van der Waals surface area contributed by atoms with Gasteiger partial charge in [0.05, 0.1) is 18.5 Å². The van der Waals surface area contributed by atoms with Gasteiger partial charge in [0.15, 0.2) is 5.96 Å². The molecule has 0 bridgehead atoms. The molecule has 2 aliphatic rings. The number of halogens is 1. The van der Waals surface area contributed by atoms with Crippen molar-refractivity contribution in [3.63, 3.8) is 0 Å². The van der Waals surface area contributed by atoms with Gasteiger partial charge in [-0.15, -0.1) is 24.0 Å². The Morgan fingerprint density at radius 1 is 1.16 bits per heavy atom. The lowest BCUT2D eigenvalue weighted by atomic mass is 10.2. The number of hydrogen-bond donors (Lipinski definition) is 1. The summed E-state index contributed by atoms with van der Waals surface area (Å²) in [6.45, 7) is 8.78. The van der Waals surface area contributed by atoms with E-state index in [1.54, 1.807) is 11.4 Å². The SMILES string of the molecule is CN=C(NCc1cccc(N2CC=CC2)c1)N1CCN(S(=O)(=O)CCOC(C)C)CC1.I. The first kappa shape index (κ1) is 26.9. The van der Waals surface area contributed by atoms with Crippen LogP contribution < -0.4 is 10.2 Å². The van der Waals surface area contributed by atoms with Crippen molar-refractivity contribution in [3.05, 3.63) is 42.0 Å². The summed E-state index contributed by atoms with van der Waals surface area (Å²) in [4.78, 5) is 8.85. The summed E-state index contributed by atoms with van der Waals surface area (Å²) in [5.74, 6) is 0.828. The Hall–Kier alpha value is -1.37. The second-order valence-electron chi connectivity index (χ2n) is 8.07. The van der Waals surface area contributed by atoms with Crippen LogP contribution in [-0.4, -0.2) is 88.4 Å². The first-order chi connectivity index (χ1) is 14.9. The van der Waals surface area contributed by atoms with E-state index in [-0.39, 0.29) is 42.4 Å². The van der Waals surface area contributed by atoms with Crippen molar-refractivity contribution in [1.82, 2.24) is 14.5 Å². The first-order valence-electron chi connectivity index (χ1n) is 10.9. The molecule has 3 rings (SSSR count). The second-order valence-corrected chi connectivity index (χ2v) is 10.2. The van der Waals surface area contributed by atoms with Crippen molar-refractivity contribution in [2.24, 2.45) is 4.99 Å². The molecule has 0 unspecified atom stereocenters. The molecule has 10 heteroatoms. The topological polar surface area (TPSA) is 77.5 Å². The zero-order valence-electron chi connectivity index (χ0n) is 19.2. The van der Waals surface area contributed by atoms with Crippen molar-refractivity contribution >= 4 is 45.6 Å². The van der Waals surface area contributed by atoms with Gasteiger partial charge in [-0.1, -0.05) is 24.3 Å². The van der Waals surface area contributed by atoms with Crippen molar-refractivity contribution in [2.45, 2.75) is 26.5 Å². The van der Waals surface area contributed by atoms with E-state index < -0.39 is 10.0 Å². The number of hydrogen-bond acceptors (Lipinski definition) is 5. The number of rotatable bonds is 8. The normalized spacial score (nSPS) is 17.7. The molecule has 0 atom stereocenters. The van der Waals surface area contributed by atoms with Gasteiger partial charge >= 0.3 is 0 Å². The van der Waals surface area contributed by atoms with Crippen LogP contribution in [0.2, 0.25) is 0 Å². The van der Waals surface area contributed by atoms with Gasteiger partial charge in [-0.3, -0.25) is 4.99 Å². The fourth-order valence-electron chi connectivity index (χ4n) is 3.76. The van der Waals surface area contributed by atoms with E-state index in [2.05, 4.69) is 56.5 Å². The van der Waals surface area contributed by atoms with Gasteiger partial charge in [0.1, 0.15) is 0 Å². The number of anilines is 1. The quantitative estimate of drug-likeness (QED) is 0.221.